The van der Waals surface area contributed by atoms with E-state index in [1.54, 1.807) is 0 Å². The molecule has 0 aromatic heterocycles. The summed E-state index contributed by atoms with van der Waals surface area (Å²) in [6, 6.07) is 4.25. The number of para-hydroxylation sites is 1. The second-order valence-electron chi connectivity index (χ2n) is 4.91. The van der Waals surface area contributed by atoms with Gasteiger partial charge in [0, 0.05) is 0 Å². The predicted octanol–water partition coefficient (Wildman–Crippen LogP) is -1.16. The van der Waals surface area contributed by atoms with Crippen molar-refractivity contribution >= 4 is 27.8 Å². The van der Waals surface area contributed by atoms with Crippen LogP contribution in [-0.2, 0) is 9.53 Å². The summed E-state index contributed by atoms with van der Waals surface area (Å²) in [5.74, 6) is -2.66. The van der Waals surface area contributed by atoms with Crippen molar-refractivity contribution < 1.29 is 44.7 Å². The van der Waals surface area contributed by atoms with Crippen LogP contribution in [0.3, 0.4) is 0 Å². The Morgan fingerprint density at radius 1 is 1.17 bits per heavy atom. The SMILES string of the molecule is O=C(NO)c1cccc(Br)c1O[C@@H]1O[C@H](C(=O)O)[C@@H](O)[C@H](O)[C@H]1O. The Kier molecular flexibility index (Phi) is 5.74. The number of carbonyl (C=O) groups is 2. The minimum absolute atomic E-state index is 0.143. The third-order valence-corrected chi connectivity index (χ3v) is 3.98. The Balaban J connectivity index is 2.33. The van der Waals surface area contributed by atoms with Gasteiger partial charge in [0.2, 0.25) is 6.29 Å². The Hall–Kier alpha value is -1.76. The van der Waals surface area contributed by atoms with Gasteiger partial charge in [0.05, 0.1) is 10.0 Å². The Morgan fingerprint density at radius 3 is 2.42 bits per heavy atom. The Bertz CT molecular complexity index is 640. The second kappa shape index (κ2) is 7.42. The molecule has 1 aromatic carbocycles. The van der Waals surface area contributed by atoms with E-state index in [0.29, 0.717) is 0 Å². The number of aliphatic hydroxyl groups excluding tert-OH is 3. The van der Waals surface area contributed by atoms with Crippen molar-refractivity contribution in [2.24, 2.45) is 0 Å². The van der Waals surface area contributed by atoms with Crippen LogP contribution in [0.4, 0.5) is 0 Å². The number of halogens is 1. The van der Waals surface area contributed by atoms with Gasteiger partial charge in [0.1, 0.15) is 24.1 Å². The highest BCUT2D eigenvalue weighted by atomic mass is 79.9. The first-order valence-corrected chi connectivity index (χ1v) is 7.39. The number of carboxylic acid groups (broad SMARTS) is 1. The van der Waals surface area contributed by atoms with E-state index in [2.05, 4.69) is 15.9 Å². The summed E-state index contributed by atoms with van der Waals surface area (Å²) in [6.45, 7) is 0. The van der Waals surface area contributed by atoms with Crippen LogP contribution < -0.4 is 10.2 Å². The largest absolute Gasteiger partial charge is 0.479 e. The van der Waals surface area contributed by atoms with Crippen LogP contribution in [0.25, 0.3) is 0 Å². The highest BCUT2D eigenvalue weighted by molar-refractivity contribution is 9.10. The third-order valence-electron chi connectivity index (χ3n) is 3.36. The van der Waals surface area contributed by atoms with Crippen molar-refractivity contribution in [3.63, 3.8) is 0 Å². The molecular weight excluding hydrogens is 394 g/mol. The first kappa shape index (κ1) is 18.6. The van der Waals surface area contributed by atoms with Gasteiger partial charge in [-0.25, -0.2) is 10.3 Å². The topological polar surface area (TPSA) is 166 Å². The summed E-state index contributed by atoms with van der Waals surface area (Å²) in [4.78, 5) is 22.7. The molecule has 2 rings (SSSR count). The first-order valence-electron chi connectivity index (χ1n) is 6.60. The van der Waals surface area contributed by atoms with Gasteiger partial charge >= 0.3 is 5.97 Å². The number of rotatable bonds is 4. The molecule has 1 fully saturated rings. The van der Waals surface area contributed by atoms with Crippen LogP contribution in [0.15, 0.2) is 22.7 Å². The van der Waals surface area contributed by atoms with E-state index >= 15 is 0 Å². The van der Waals surface area contributed by atoms with Crippen LogP contribution in [0, 0.1) is 0 Å². The van der Waals surface area contributed by atoms with E-state index in [1.165, 1.54) is 23.7 Å². The maximum Gasteiger partial charge on any atom is 0.335 e. The van der Waals surface area contributed by atoms with Crippen LogP contribution in [0.1, 0.15) is 10.4 Å². The molecule has 1 heterocycles. The highest BCUT2D eigenvalue weighted by Crippen LogP contribution is 2.32. The fourth-order valence-corrected chi connectivity index (χ4v) is 2.59. The third kappa shape index (κ3) is 3.50. The fourth-order valence-electron chi connectivity index (χ4n) is 2.13. The lowest BCUT2D eigenvalue weighted by molar-refractivity contribution is -0.271. The number of carbonyl (C=O) groups excluding carboxylic acids is 1. The van der Waals surface area contributed by atoms with Crippen LogP contribution in [0.2, 0.25) is 0 Å². The molecule has 0 spiro atoms. The van der Waals surface area contributed by atoms with Gasteiger partial charge in [0.15, 0.2) is 6.10 Å². The molecule has 1 aromatic rings. The zero-order valence-electron chi connectivity index (χ0n) is 11.9. The van der Waals surface area contributed by atoms with Crippen molar-refractivity contribution in [2.75, 3.05) is 0 Å². The molecule has 0 aliphatic carbocycles. The number of carboxylic acids is 1. The molecule has 1 saturated heterocycles. The molecule has 10 nitrogen and oxygen atoms in total. The van der Waals surface area contributed by atoms with Crippen LogP contribution in [-0.4, -0.2) is 68.2 Å². The maximum atomic E-state index is 11.6. The summed E-state index contributed by atoms with van der Waals surface area (Å²) >= 11 is 3.11. The lowest BCUT2D eigenvalue weighted by atomic mass is 9.99. The fraction of sp³-hybridized carbons (Fsp3) is 0.385. The predicted molar refractivity (Wildman–Crippen MR) is 78.3 cm³/mol. The molecule has 5 atom stereocenters. The molecule has 11 heteroatoms. The van der Waals surface area contributed by atoms with Crippen LogP contribution >= 0.6 is 15.9 Å². The molecule has 1 amide bonds. The second-order valence-corrected chi connectivity index (χ2v) is 5.76. The van der Waals surface area contributed by atoms with Gasteiger partial charge < -0.3 is 29.9 Å². The number of amides is 1. The van der Waals surface area contributed by atoms with Gasteiger partial charge in [0.25, 0.3) is 5.91 Å². The number of nitrogens with one attached hydrogen (secondary N) is 1. The maximum absolute atomic E-state index is 11.6. The van der Waals surface area contributed by atoms with Crippen molar-refractivity contribution in [3.05, 3.63) is 28.2 Å². The monoisotopic (exact) mass is 407 g/mol. The molecule has 1 aliphatic rings. The summed E-state index contributed by atoms with van der Waals surface area (Å²) < 4.78 is 10.5. The normalized spacial score (nSPS) is 29.8. The number of hydrogen-bond acceptors (Lipinski definition) is 8. The van der Waals surface area contributed by atoms with E-state index in [0.717, 1.165) is 0 Å². The molecule has 6 N–H and O–H groups in total. The van der Waals surface area contributed by atoms with E-state index in [-0.39, 0.29) is 15.8 Å². The van der Waals surface area contributed by atoms with Crippen molar-refractivity contribution in [2.45, 2.75) is 30.7 Å². The molecule has 0 saturated carbocycles. The van der Waals surface area contributed by atoms with Gasteiger partial charge in [-0.1, -0.05) is 6.07 Å². The molecule has 0 bridgehead atoms. The lowest BCUT2D eigenvalue weighted by Gasteiger charge is -2.38. The zero-order valence-corrected chi connectivity index (χ0v) is 13.5. The van der Waals surface area contributed by atoms with E-state index in [9.17, 15) is 24.9 Å². The Labute approximate surface area is 143 Å². The number of hydrogen-bond donors (Lipinski definition) is 6. The van der Waals surface area contributed by atoms with Gasteiger partial charge in [-0.15, -0.1) is 0 Å². The number of hydroxylamine groups is 1. The minimum atomic E-state index is -1.86. The molecule has 132 valence electrons. The summed E-state index contributed by atoms with van der Waals surface area (Å²) in [5.41, 5.74) is 1.27. The summed E-state index contributed by atoms with van der Waals surface area (Å²) in [5, 5.41) is 47.0. The summed E-state index contributed by atoms with van der Waals surface area (Å²) in [6.07, 6.45) is -9.02. The van der Waals surface area contributed by atoms with E-state index in [4.69, 9.17) is 19.8 Å². The molecule has 24 heavy (non-hydrogen) atoms. The number of benzene rings is 1. The molecule has 0 unspecified atom stereocenters. The average molecular weight is 408 g/mol. The smallest absolute Gasteiger partial charge is 0.335 e. The molecule has 0 radical (unpaired) electrons. The van der Waals surface area contributed by atoms with Crippen LogP contribution in [0.5, 0.6) is 5.75 Å². The Morgan fingerprint density at radius 2 is 1.83 bits per heavy atom. The minimum Gasteiger partial charge on any atom is -0.479 e. The average Bonchev–Trinajstić information content (AvgIpc) is 2.55. The van der Waals surface area contributed by atoms with Gasteiger partial charge in [-0.05, 0) is 28.1 Å². The van der Waals surface area contributed by atoms with E-state index in [1.807, 2.05) is 0 Å². The molecule has 1 aliphatic heterocycles. The molecular formula is C13H14BrNO9. The quantitative estimate of drug-likeness (QED) is 0.266. The lowest BCUT2D eigenvalue weighted by Crippen LogP contribution is -2.61. The first-order chi connectivity index (χ1) is 11.3. The number of aliphatic carboxylic acids is 1. The van der Waals surface area contributed by atoms with Crippen molar-refractivity contribution in [1.82, 2.24) is 5.48 Å². The summed E-state index contributed by atoms with van der Waals surface area (Å²) in [7, 11) is 0. The zero-order chi connectivity index (χ0) is 18.0. The van der Waals surface area contributed by atoms with Crippen molar-refractivity contribution in [3.8, 4) is 5.75 Å². The van der Waals surface area contributed by atoms with E-state index < -0.39 is 42.6 Å². The number of ether oxygens (including phenoxy) is 2. The standard InChI is InChI=1S/C13H14BrNO9/c14-5-3-1-2-4(11(19)15-22)9(5)23-13-8(18)6(16)7(17)10(24-13)12(20)21/h1-3,6-8,10,13,16-18,22H,(H,15,19)(H,20,21)/t6-,7-,8+,10-,13+/m0/s1. The van der Waals surface area contributed by atoms with Gasteiger partial charge in [-0.3, -0.25) is 10.0 Å². The van der Waals surface area contributed by atoms with Crippen molar-refractivity contribution in [1.29, 1.82) is 0 Å². The number of aliphatic hydroxyl groups is 3. The highest BCUT2D eigenvalue weighted by Gasteiger charge is 2.48. The van der Waals surface area contributed by atoms with Gasteiger partial charge in [-0.2, -0.15) is 0 Å².